The summed E-state index contributed by atoms with van der Waals surface area (Å²) in [6.07, 6.45) is -5.26. The molecule has 108 valence electrons. The number of aliphatic hydroxyl groups is 1. The molecule has 1 aromatic carbocycles. The fourth-order valence-electron chi connectivity index (χ4n) is 1.93. The maximum Gasteiger partial charge on any atom is 0.419 e. The number of hydrogen-bond donors (Lipinski definition) is 1. The summed E-state index contributed by atoms with van der Waals surface area (Å²) in [5.41, 5.74) is -0.897. The summed E-state index contributed by atoms with van der Waals surface area (Å²) in [6, 6.07) is 6.16. The number of hydrogen-bond acceptors (Lipinski definition) is 3. The summed E-state index contributed by atoms with van der Waals surface area (Å²) in [5, 5.41) is 13.7. The first-order chi connectivity index (χ1) is 9.34. The van der Waals surface area contributed by atoms with E-state index in [4.69, 9.17) is 4.74 Å². The van der Waals surface area contributed by atoms with Crippen LogP contribution in [-0.4, -0.2) is 22.0 Å². The first kappa shape index (κ1) is 14.4. The maximum absolute atomic E-state index is 12.9. The van der Waals surface area contributed by atoms with Gasteiger partial charge in [0.2, 0.25) is 0 Å². The second-order valence-corrected chi connectivity index (χ2v) is 4.24. The molecule has 0 fully saturated rings. The summed E-state index contributed by atoms with van der Waals surface area (Å²) < 4.78 is 44.6. The molecule has 0 radical (unpaired) electrons. The lowest BCUT2D eigenvalue weighted by Gasteiger charge is -2.15. The summed E-state index contributed by atoms with van der Waals surface area (Å²) in [6.45, 7) is 0. The van der Waals surface area contributed by atoms with Crippen LogP contribution in [0.2, 0.25) is 0 Å². The van der Waals surface area contributed by atoms with E-state index in [1.54, 1.807) is 12.1 Å². The van der Waals surface area contributed by atoms with Crippen molar-refractivity contribution in [2.24, 2.45) is 7.05 Å². The molecular formula is C13H13F3N2O2. The van der Waals surface area contributed by atoms with E-state index in [-0.39, 0.29) is 5.69 Å². The van der Waals surface area contributed by atoms with E-state index in [9.17, 15) is 18.3 Å². The lowest BCUT2D eigenvalue weighted by atomic mass is 10.0. The minimum atomic E-state index is -4.56. The molecule has 0 saturated carbocycles. The third-order valence-corrected chi connectivity index (χ3v) is 2.98. The van der Waals surface area contributed by atoms with Gasteiger partial charge in [0, 0.05) is 7.05 Å². The van der Waals surface area contributed by atoms with Crippen molar-refractivity contribution in [1.29, 1.82) is 0 Å². The van der Waals surface area contributed by atoms with Gasteiger partial charge in [-0.1, -0.05) is 12.1 Å². The molecule has 1 aromatic heterocycles. The molecule has 1 atom stereocenters. The smallest absolute Gasteiger partial charge is 0.419 e. The molecule has 1 unspecified atom stereocenters. The molecule has 0 bridgehead atoms. The van der Waals surface area contributed by atoms with Gasteiger partial charge < -0.3 is 9.84 Å². The number of halogens is 3. The molecule has 1 N–H and O–H groups in total. The quantitative estimate of drug-likeness (QED) is 0.943. The van der Waals surface area contributed by atoms with E-state index in [1.165, 1.54) is 26.3 Å². The minimum absolute atomic E-state index is 0.289. The van der Waals surface area contributed by atoms with Crippen molar-refractivity contribution in [3.63, 3.8) is 0 Å². The average molecular weight is 286 g/mol. The van der Waals surface area contributed by atoms with Gasteiger partial charge >= 0.3 is 6.18 Å². The Bertz CT molecular complexity index is 591. The van der Waals surface area contributed by atoms with Crippen molar-refractivity contribution >= 4 is 0 Å². The van der Waals surface area contributed by atoms with Crippen molar-refractivity contribution in [3.8, 4) is 5.75 Å². The average Bonchev–Trinajstić information content (AvgIpc) is 2.80. The number of aliphatic hydroxyl groups excluding tert-OH is 1. The van der Waals surface area contributed by atoms with Crippen LogP contribution in [-0.2, 0) is 13.2 Å². The number of alkyl halides is 3. The van der Waals surface area contributed by atoms with Crippen LogP contribution in [0.4, 0.5) is 13.2 Å². The van der Waals surface area contributed by atoms with E-state index in [2.05, 4.69) is 5.10 Å². The first-order valence-corrected chi connectivity index (χ1v) is 5.75. The van der Waals surface area contributed by atoms with Crippen LogP contribution in [0.15, 0.2) is 30.5 Å². The third kappa shape index (κ3) is 2.62. The van der Waals surface area contributed by atoms with E-state index in [1.807, 2.05) is 0 Å². The van der Waals surface area contributed by atoms with Crippen LogP contribution >= 0.6 is 0 Å². The lowest BCUT2D eigenvalue weighted by Crippen LogP contribution is -2.14. The van der Waals surface area contributed by atoms with Gasteiger partial charge in [-0.3, -0.25) is 4.68 Å². The SMILES string of the molecule is COc1ccc(C(O)c2c(C(F)(F)F)cnn2C)cc1. The summed E-state index contributed by atoms with van der Waals surface area (Å²) in [7, 11) is 2.84. The molecule has 0 aliphatic heterocycles. The van der Waals surface area contributed by atoms with Gasteiger partial charge in [-0.05, 0) is 17.7 Å². The third-order valence-electron chi connectivity index (χ3n) is 2.98. The van der Waals surface area contributed by atoms with E-state index in [0.717, 1.165) is 4.68 Å². The van der Waals surface area contributed by atoms with Gasteiger partial charge in [0.25, 0.3) is 0 Å². The number of ether oxygens (including phenoxy) is 1. The Morgan fingerprint density at radius 3 is 2.35 bits per heavy atom. The highest BCUT2D eigenvalue weighted by molar-refractivity contribution is 5.35. The molecule has 7 heteroatoms. The zero-order chi connectivity index (χ0) is 14.9. The molecule has 0 spiro atoms. The van der Waals surface area contributed by atoms with Crippen molar-refractivity contribution in [2.75, 3.05) is 7.11 Å². The Hall–Kier alpha value is -2.02. The fourth-order valence-corrected chi connectivity index (χ4v) is 1.93. The van der Waals surface area contributed by atoms with Gasteiger partial charge in [0.15, 0.2) is 0 Å². The van der Waals surface area contributed by atoms with Crippen LogP contribution in [0.5, 0.6) is 5.75 Å². The Balaban J connectivity index is 2.42. The first-order valence-electron chi connectivity index (χ1n) is 5.75. The Morgan fingerprint density at radius 2 is 1.85 bits per heavy atom. The zero-order valence-corrected chi connectivity index (χ0v) is 10.8. The highest BCUT2D eigenvalue weighted by Crippen LogP contribution is 2.36. The fraction of sp³-hybridized carbons (Fsp3) is 0.308. The molecule has 2 rings (SSSR count). The summed E-state index contributed by atoms with van der Waals surface area (Å²) >= 11 is 0. The Labute approximate surface area is 113 Å². The number of benzene rings is 1. The second kappa shape index (κ2) is 5.16. The predicted molar refractivity (Wildman–Crippen MR) is 65.3 cm³/mol. The van der Waals surface area contributed by atoms with Crippen molar-refractivity contribution in [3.05, 3.63) is 47.3 Å². The molecule has 4 nitrogen and oxygen atoms in total. The van der Waals surface area contributed by atoms with Crippen LogP contribution in [0.1, 0.15) is 22.9 Å². The standard InChI is InChI=1S/C13H13F3N2O2/c1-18-11(10(7-17-18)13(14,15)16)12(19)8-3-5-9(20-2)6-4-8/h3-7,12,19H,1-2H3. The van der Waals surface area contributed by atoms with Crippen molar-refractivity contribution in [2.45, 2.75) is 12.3 Å². The lowest BCUT2D eigenvalue weighted by molar-refractivity contribution is -0.139. The number of methoxy groups -OCH3 is 1. The highest BCUT2D eigenvalue weighted by atomic mass is 19.4. The number of aryl methyl sites for hydroxylation is 1. The molecule has 0 amide bonds. The highest BCUT2D eigenvalue weighted by Gasteiger charge is 2.38. The minimum Gasteiger partial charge on any atom is -0.497 e. The summed E-state index contributed by atoms with van der Waals surface area (Å²) in [5.74, 6) is 0.557. The molecular weight excluding hydrogens is 273 g/mol. The van der Waals surface area contributed by atoms with Gasteiger partial charge in [-0.25, -0.2) is 0 Å². The molecule has 0 saturated heterocycles. The van der Waals surface area contributed by atoms with Crippen molar-refractivity contribution in [1.82, 2.24) is 9.78 Å². The Morgan fingerprint density at radius 1 is 1.25 bits per heavy atom. The van der Waals surface area contributed by atoms with Gasteiger partial charge in [0.05, 0.1) is 24.6 Å². The molecule has 0 aliphatic carbocycles. The monoisotopic (exact) mass is 286 g/mol. The van der Waals surface area contributed by atoms with Crippen LogP contribution < -0.4 is 4.74 Å². The van der Waals surface area contributed by atoms with E-state index in [0.29, 0.717) is 17.5 Å². The molecule has 20 heavy (non-hydrogen) atoms. The molecule has 0 aliphatic rings. The summed E-state index contributed by atoms with van der Waals surface area (Å²) in [4.78, 5) is 0. The number of rotatable bonds is 3. The van der Waals surface area contributed by atoms with Gasteiger partial charge in [0.1, 0.15) is 11.9 Å². The largest absolute Gasteiger partial charge is 0.497 e. The second-order valence-electron chi connectivity index (χ2n) is 4.24. The van der Waals surface area contributed by atoms with E-state index < -0.39 is 17.8 Å². The predicted octanol–water partition coefficient (Wildman–Crippen LogP) is 2.53. The van der Waals surface area contributed by atoms with E-state index >= 15 is 0 Å². The van der Waals surface area contributed by atoms with Crippen LogP contribution in [0.25, 0.3) is 0 Å². The zero-order valence-electron chi connectivity index (χ0n) is 10.8. The normalized spacial score (nSPS) is 13.3. The van der Waals surface area contributed by atoms with Crippen LogP contribution in [0.3, 0.4) is 0 Å². The Kier molecular flexibility index (Phi) is 3.71. The molecule has 2 aromatic rings. The van der Waals surface area contributed by atoms with Crippen molar-refractivity contribution < 1.29 is 23.0 Å². The topological polar surface area (TPSA) is 47.3 Å². The number of nitrogens with zero attached hydrogens (tertiary/aromatic N) is 2. The van der Waals surface area contributed by atoms with Gasteiger partial charge in [-0.15, -0.1) is 0 Å². The van der Waals surface area contributed by atoms with Crippen LogP contribution in [0, 0.1) is 0 Å². The molecule has 1 heterocycles. The maximum atomic E-state index is 12.9. The number of aromatic nitrogens is 2. The van der Waals surface area contributed by atoms with Gasteiger partial charge in [-0.2, -0.15) is 18.3 Å².